The predicted octanol–water partition coefficient (Wildman–Crippen LogP) is 2.50. The molecule has 0 amide bonds. The van der Waals surface area contributed by atoms with Crippen molar-refractivity contribution < 1.29 is 4.74 Å². The van der Waals surface area contributed by atoms with E-state index in [9.17, 15) is 0 Å². The lowest BCUT2D eigenvalue weighted by Gasteiger charge is -2.36. The number of likely N-dealkylation sites (tertiary alicyclic amines) is 1. The minimum absolute atomic E-state index is 0. The van der Waals surface area contributed by atoms with E-state index in [1.807, 2.05) is 7.05 Å². The lowest BCUT2D eigenvalue weighted by Crippen LogP contribution is -2.50. The number of nitrogens with one attached hydrogen (secondary N) is 1. The summed E-state index contributed by atoms with van der Waals surface area (Å²) in [5.74, 6) is 1.01. The topological polar surface area (TPSA) is 43.3 Å². The molecule has 2 aliphatic rings. The van der Waals surface area contributed by atoms with Crippen LogP contribution in [0.15, 0.2) is 35.3 Å². The highest BCUT2D eigenvalue weighted by Gasteiger charge is 2.41. The first-order valence-corrected chi connectivity index (χ1v) is 10.8. The largest absolute Gasteiger partial charge is 0.373 e. The Morgan fingerprint density at radius 2 is 1.97 bits per heavy atom. The summed E-state index contributed by atoms with van der Waals surface area (Å²) in [7, 11) is 1.89. The van der Waals surface area contributed by atoms with Gasteiger partial charge in [-0.1, -0.05) is 44.2 Å². The molecule has 29 heavy (non-hydrogen) atoms. The van der Waals surface area contributed by atoms with E-state index in [2.05, 4.69) is 69.2 Å². The summed E-state index contributed by atoms with van der Waals surface area (Å²) in [5, 5.41) is 3.56. The summed E-state index contributed by atoms with van der Waals surface area (Å²) in [6, 6.07) is 11.2. The lowest BCUT2D eigenvalue weighted by atomic mass is 10.1. The van der Waals surface area contributed by atoms with Crippen LogP contribution >= 0.6 is 24.0 Å². The maximum absolute atomic E-state index is 6.11. The third kappa shape index (κ3) is 6.80. The maximum Gasteiger partial charge on any atom is 0.193 e. The van der Waals surface area contributed by atoms with E-state index in [0.717, 1.165) is 71.3 Å². The van der Waals surface area contributed by atoms with Gasteiger partial charge in [-0.3, -0.25) is 9.89 Å². The zero-order valence-electron chi connectivity index (χ0n) is 18.2. The molecule has 164 valence electrons. The standard InChI is InChI=1S/C22H37N5O.HI/c1-4-25(5-2)13-9-12-24-22(23-3)27-17-20-21(18-27)28-15-14-26(20)16-19-10-7-6-8-11-19;/h6-8,10-11,20-21H,4-5,9,12-18H2,1-3H3,(H,23,24);1H. The van der Waals surface area contributed by atoms with Crippen LogP contribution in [0.4, 0.5) is 0 Å². The summed E-state index contributed by atoms with van der Waals surface area (Å²) in [5.41, 5.74) is 1.38. The molecule has 7 heteroatoms. The number of nitrogens with zero attached hydrogens (tertiary/aromatic N) is 4. The number of benzene rings is 1. The van der Waals surface area contributed by atoms with Gasteiger partial charge in [-0.25, -0.2) is 0 Å². The molecule has 0 spiro atoms. The van der Waals surface area contributed by atoms with Gasteiger partial charge in [0.2, 0.25) is 0 Å². The fourth-order valence-electron chi connectivity index (χ4n) is 4.32. The summed E-state index contributed by atoms with van der Waals surface area (Å²) in [4.78, 5) is 12.0. The van der Waals surface area contributed by atoms with Gasteiger partial charge in [0.15, 0.2) is 5.96 Å². The minimum atomic E-state index is 0. The molecule has 0 radical (unpaired) electrons. The van der Waals surface area contributed by atoms with Gasteiger partial charge in [0, 0.05) is 39.8 Å². The van der Waals surface area contributed by atoms with Crippen molar-refractivity contribution in [2.45, 2.75) is 39.0 Å². The maximum atomic E-state index is 6.11. The molecular formula is C22H38IN5O. The zero-order chi connectivity index (χ0) is 19.8. The van der Waals surface area contributed by atoms with Crippen LogP contribution in [0.5, 0.6) is 0 Å². The van der Waals surface area contributed by atoms with E-state index in [1.165, 1.54) is 5.56 Å². The van der Waals surface area contributed by atoms with Crippen LogP contribution in [0.3, 0.4) is 0 Å². The number of guanidine groups is 1. The van der Waals surface area contributed by atoms with Gasteiger partial charge >= 0.3 is 0 Å². The van der Waals surface area contributed by atoms with Gasteiger partial charge in [-0.2, -0.15) is 0 Å². The Labute approximate surface area is 193 Å². The quantitative estimate of drug-likeness (QED) is 0.250. The number of halogens is 1. The molecule has 0 bridgehead atoms. The van der Waals surface area contributed by atoms with Crippen LogP contribution in [0.25, 0.3) is 0 Å². The van der Waals surface area contributed by atoms with Gasteiger partial charge in [0.25, 0.3) is 0 Å². The molecule has 1 N–H and O–H groups in total. The average molecular weight is 515 g/mol. The lowest BCUT2D eigenvalue weighted by molar-refractivity contribution is -0.0502. The number of aliphatic imine (C=N–C) groups is 1. The van der Waals surface area contributed by atoms with Crippen LogP contribution in [0, 0.1) is 0 Å². The molecule has 1 aromatic rings. The number of hydrogen-bond acceptors (Lipinski definition) is 4. The zero-order valence-corrected chi connectivity index (χ0v) is 20.5. The highest BCUT2D eigenvalue weighted by molar-refractivity contribution is 14.0. The Hall–Kier alpha value is -0.900. The third-order valence-corrected chi connectivity index (χ3v) is 5.98. The molecule has 6 nitrogen and oxygen atoms in total. The molecule has 1 aromatic carbocycles. The molecule has 2 unspecified atom stereocenters. The molecule has 0 saturated carbocycles. The van der Waals surface area contributed by atoms with Crippen molar-refractivity contribution in [1.29, 1.82) is 0 Å². The van der Waals surface area contributed by atoms with E-state index in [0.29, 0.717) is 6.04 Å². The predicted molar refractivity (Wildman–Crippen MR) is 131 cm³/mol. The monoisotopic (exact) mass is 515 g/mol. The second kappa shape index (κ2) is 12.7. The number of ether oxygens (including phenoxy) is 1. The first-order valence-electron chi connectivity index (χ1n) is 10.8. The molecular weight excluding hydrogens is 477 g/mol. The summed E-state index contributed by atoms with van der Waals surface area (Å²) >= 11 is 0. The fraction of sp³-hybridized carbons (Fsp3) is 0.682. The highest BCUT2D eigenvalue weighted by Crippen LogP contribution is 2.24. The number of hydrogen-bond donors (Lipinski definition) is 1. The Kier molecular flexibility index (Phi) is 10.7. The van der Waals surface area contributed by atoms with Crippen molar-refractivity contribution in [3.8, 4) is 0 Å². The van der Waals surface area contributed by atoms with Crippen LogP contribution in [-0.4, -0.2) is 92.3 Å². The van der Waals surface area contributed by atoms with E-state index < -0.39 is 0 Å². The molecule has 2 saturated heterocycles. The van der Waals surface area contributed by atoms with Crippen molar-refractivity contribution in [3.05, 3.63) is 35.9 Å². The van der Waals surface area contributed by atoms with Crippen LogP contribution in [-0.2, 0) is 11.3 Å². The summed E-state index contributed by atoms with van der Waals surface area (Å²) < 4.78 is 6.11. The molecule has 0 aromatic heterocycles. The first-order chi connectivity index (χ1) is 13.7. The van der Waals surface area contributed by atoms with E-state index in [4.69, 9.17) is 4.74 Å². The summed E-state index contributed by atoms with van der Waals surface area (Å²) in [6.45, 7) is 13.5. The van der Waals surface area contributed by atoms with Gasteiger partial charge in [-0.15, -0.1) is 24.0 Å². The van der Waals surface area contributed by atoms with Crippen LogP contribution < -0.4 is 5.32 Å². The van der Waals surface area contributed by atoms with E-state index in [1.54, 1.807) is 0 Å². The van der Waals surface area contributed by atoms with E-state index >= 15 is 0 Å². The Morgan fingerprint density at radius 1 is 1.21 bits per heavy atom. The van der Waals surface area contributed by atoms with Crippen LogP contribution in [0.1, 0.15) is 25.8 Å². The molecule has 0 aliphatic carbocycles. The number of morpholine rings is 1. The van der Waals surface area contributed by atoms with E-state index in [-0.39, 0.29) is 30.1 Å². The molecule has 3 rings (SSSR count). The second-order valence-electron chi connectivity index (χ2n) is 7.69. The molecule has 2 aliphatic heterocycles. The van der Waals surface area contributed by atoms with Gasteiger partial charge in [-0.05, 0) is 31.6 Å². The van der Waals surface area contributed by atoms with Crippen molar-refractivity contribution in [2.75, 3.05) is 59.5 Å². The third-order valence-electron chi connectivity index (χ3n) is 5.98. The normalized spacial score (nSPS) is 22.5. The van der Waals surface area contributed by atoms with Crippen molar-refractivity contribution in [1.82, 2.24) is 20.0 Å². The Bertz CT molecular complexity index is 610. The number of fused-ring (bicyclic) bond motifs is 1. The van der Waals surface area contributed by atoms with Gasteiger partial charge in [0.1, 0.15) is 0 Å². The average Bonchev–Trinajstić information content (AvgIpc) is 3.17. The first kappa shape index (κ1) is 24.4. The smallest absolute Gasteiger partial charge is 0.193 e. The SMILES string of the molecule is CCN(CC)CCCNC(=NC)N1CC2OCCN(Cc3ccccc3)C2C1.I. The minimum Gasteiger partial charge on any atom is -0.373 e. The van der Waals surface area contributed by atoms with Crippen molar-refractivity contribution in [3.63, 3.8) is 0 Å². The number of rotatable bonds is 8. The Morgan fingerprint density at radius 3 is 2.66 bits per heavy atom. The fourth-order valence-corrected chi connectivity index (χ4v) is 4.32. The van der Waals surface area contributed by atoms with Crippen molar-refractivity contribution in [2.24, 2.45) is 4.99 Å². The van der Waals surface area contributed by atoms with Gasteiger partial charge < -0.3 is 19.9 Å². The summed E-state index contributed by atoms with van der Waals surface area (Å²) in [6.07, 6.45) is 1.41. The second-order valence-corrected chi connectivity index (χ2v) is 7.69. The van der Waals surface area contributed by atoms with Gasteiger partial charge in [0.05, 0.1) is 18.8 Å². The highest BCUT2D eigenvalue weighted by atomic mass is 127. The Balaban J connectivity index is 0.00000300. The van der Waals surface area contributed by atoms with Crippen LogP contribution in [0.2, 0.25) is 0 Å². The molecule has 2 atom stereocenters. The van der Waals surface area contributed by atoms with Crippen molar-refractivity contribution >= 4 is 29.9 Å². The molecule has 2 fully saturated rings. The molecule has 2 heterocycles.